The summed E-state index contributed by atoms with van der Waals surface area (Å²) < 4.78 is 6.89. The van der Waals surface area contributed by atoms with Crippen LogP contribution in [0.3, 0.4) is 0 Å². The summed E-state index contributed by atoms with van der Waals surface area (Å²) in [5.74, 6) is 0.782. The molecule has 0 aliphatic carbocycles. The van der Waals surface area contributed by atoms with Crippen LogP contribution >= 0.6 is 0 Å². The maximum Gasteiger partial charge on any atom is 0.328 e. The zero-order valence-electron chi connectivity index (χ0n) is 8.32. The highest BCUT2D eigenvalue weighted by Gasteiger charge is 2.10. The molecule has 78 valence electrons. The molecule has 2 heterocycles. The molecule has 0 aliphatic heterocycles. The van der Waals surface area contributed by atoms with Crippen LogP contribution in [0.4, 0.5) is 0 Å². The van der Waals surface area contributed by atoms with E-state index in [1.165, 1.54) is 6.39 Å². The average molecular weight is 212 g/mol. The molecule has 3 rings (SSSR count). The summed E-state index contributed by atoms with van der Waals surface area (Å²) in [4.78, 5) is 4.28. The average Bonchev–Trinajstić information content (AvgIpc) is 3.01. The van der Waals surface area contributed by atoms with Crippen LogP contribution in [0, 0.1) is 0 Å². The van der Waals surface area contributed by atoms with Crippen molar-refractivity contribution in [1.82, 2.24) is 19.7 Å². The zero-order chi connectivity index (χ0) is 10.8. The Kier molecular flexibility index (Phi) is 2.00. The number of benzene rings is 1. The van der Waals surface area contributed by atoms with Gasteiger partial charge in [0.05, 0.1) is 0 Å². The summed E-state index contributed by atoms with van der Waals surface area (Å²) in [7, 11) is 0. The number of rotatable bonds is 2. The first kappa shape index (κ1) is 8.84. The molecule has 0 amide bonds. The van der Waals surface area contributed by atoms with Gasteiger partial charge >= 0.3 is 6.01 Å². The molecule has 0 fully saturated rings. The van der Waals surface area contributed by atoms with Gasteiger partial charge in [0.1, 0.15) is 5.82 Å². The van der Waals surface area contributed by atoms with Crippen molar-refractivity contribution in [2.45, 2.75) is 0 Å². The molecule has 2 aromatic heterocycles. The molecular formula is C11H8N4O. The number of aromatic nitrogens is 4. The second kappa shape index (κ2) is 3.62. The van der Waals surface area contributed by atoms with Crippen LogP contribution in [0.15, 0.2) is 53.5 Å². The Morgan fingerprint density at radius 3 is 2.75 bits per heavy atom. The second-order valence-corrected chi connectivity index (χ2v) is 3.21. The van der Waals surface area contributed by atoms with E-state index in [9.17, 15) is 0 Å². The van der Waals surface area contributed by atoms with Crippen molar-refractivity contribution in [3.63, 3.8) is 0 Å². The minimum Gasteiger partial charge on any atom is -0.410 e. The standard InChI is InChI=1S/C11H8N4O/c1-2-4-9(5-3-1)10-12-6-7-15(10)11-14-13-8-16-11/h1-8H. The highest BCUT2D eigenvalue weighted by molar-refractivity contribution is 5.56. The fourth-order valence-corrected chi connectivity index (χ4v) is 1.53. The molecule has 0 radical (unpaired) electrons. The lowest BCUT2D eigenvalue weighted by atomic mass is 10.2. The van der Waals surface area contributed by atoms with Gasteiger partial charge in [0.2, 0.25) is 6.39 Å². The Morgan fingerprint density at radius 2 is 2.00 bits per heavy atom. The van der Waals surface area contributed by atoms with Crippen LogP contribution in [0.25, 0.3) is 17.4 Å². The van der Waals surface area contributed by atoms with E-state index < -0.39 is 0 Å². The lowest BCUT2D eigenvalue weighted by Crippen LogP contribution is -1.96. The van der Waals surface area contributed by atoms with Crippen molar-refractivity contribution in [1.29, 1.82) is 0 Å². The summed E-state index contributed by atoms with van der Waals surface area (Å²) in [6.07, 6.45) is 4.78. The van der Waals surface area contributed by atoms with Gasteiger partial charge in [0.15, 0.2) is 0 Å². The molecule has 0 bridgehead atoms. The Morgan fingerprint density at radius 1 is 1.12 bits per heavy atom. The number of imidazole rings is 1. The van der Waals surface area contributed by atoms with Crippen molar-refractivity contribution >= 4 is 0 Å². The van der Waals surface area contributed by atoms with E-state index in [4.69, 9.17) is 4.42 Å². The molecule has 5 heteroatoms. The lowest BCUT2D eigenvalue weighted by Gasteiger charge is -2.01. The van der Waals surface area contributed by atoms with Gasteiger partial charge in [0.25, 0.3) is 0 Å². The minimum atomic E-state index is 0.413. The second-order valence-electron chi connectivity index (χ2n) is 3.21. The van der Waals surface area contributed by atoms with Gasteiger partial charge in [-0.25, -0.2) is 4.98 Å². The molecule has 16 heavy (non-hydrogen) atoms. The van der Waals surface area contributed by atoms with E-state index in [2.05, 4.69) is 15.2 Å². The molecule has 0 N–H and O–H groups in total. The molecule has 0 spiro atoms. The van der Waals surface area contributed by atoms with E-state index >= 15 is 0 Å². The summed E-state index contributed by atoms with van der Waals surface area (Å²) >= 11 is 0. The fraction of sp³-hybridized carbons (Fsp3) is 0. The molecule has 3 aromatic rings. The molecule has 0 aliphatic rings. The fourth-order valence-electron chi connectivity index (χ4n) is 1.53. The monoisotopic (exact) mass is 212 g/mol. The molecule has 0 saturated carbocycles. The summed E-state index contributed by atoms with van der Waals surface area (Å²) in [5, 5.41) is 7.50. The molecule has 5 nitrogen and oxygen atoms in total. The van der Waals surface area contributed by atoms with Crippen LogP contribution in [-0.4, -0.2) is 19.7 Å². The van der Waals surface area contributed by atoms with Crippen molar-refractivity contribution in [3.05, 3.63) is 49.1 Å². The van der Waals surface area contributed by atoms with Gasteiger partial charge in [-0.2, -0.15) is 0 Å². The van der Waals surface area contributed by atoms with Crippen LogP contribution in [0.5, 0.6) is 0 Å². The Hall–Kier alpha value is -2.43. The first-order chi connectivity index (χ1) is 7.95. The van der Waals surface area contributed by atoms with E-state index in [0.29, 0.717) is 6.01 Å². The quantitative estimate of drug-likeness (QED) is 0.651. The first-order valence-corrected chi connectivity index (χ1v) is 4.80. The predicted octanol–water partition coefficient (Wildman–Crippen LogP) is 1.92. The third-order valence-electron chi connectivity index (χ3n) is 2.23. The van der Waals surface area contributed by atoms with Gasteiger partial charge in [0, 0.05) is 18.0 Å². The largest absolute Gasteiger partial charge is 0.410 e. The predicted molar refractivity (Wildman–Crippen MR) is 56.9 cm³/mol. The lowest BCUT2D eigenvalue weighted by molar-refractivity contribution is 0.525. The zero-order valence-corrected chi connectivity index (χ0v) is 8.32. The molecule has 0 atom stereocenters. The van der Waals surface area contributed by atoms with Crippen LogP contribution in [0.1, 0.15) is 0 Å². The summed E-state index contributed by atoms with van der Waals surface area (Å²) in [5.41, 5.74) is 1.01. The van der Waals surface area contributed by atoms with E-state index in [1.807, 2.05) is 30.3 Å². The van der Waals surface area contributed by atoms with Crippen LogP contribution in [0.2, 0.25) is 0 Å². The molecular weight excluding hydrogens is 204 g/mol. The smallest absolute Gasteiger partial charge is 0.328 e. The number of hydrogen-bond donors (Lipinski definition) is 0. The third kappa shape index (κ3) is 1.38. The van der Waals surface area contributed by atoms with Crippen LogP contribution < -0.4 is 0 Å². The van der Waals surface area contributed by atoms with Gasteiger partial charge in [-0.1, -0.05) is 35.4 Å². The Balaban J connectivity index is 2.14. The van der Waals surface area contributed by atoms with E-state index in [0.717, 1.165) is 11.4 Å². The summed E-state index contributed by atoms with van der Waals surface area (Å²) in [6.45, 7) is 0. The summed E-state index contributed by atoms with van der Waals surface area (Å²) in [6, 6.07) is 10.3. The number of nitrogens with zero attached hydrogens (tertiary/aromatic N) is 4. The molecule has 0 unspecified atom stereocenters. The Bertz CT molecular complexity index is 571. The van der Waals surface area contributed by atoms with E-state index in [-0.39, 0.29) is 0 Å². The van der Waals surface area contributed by atoms with Gasteiger partial charge in [-0.15, -0.1) is 5.10 Å². The van der Waals surface area contributed by atoms with Gasteiger partial charge in [-0.05, 0) is 0 Å². The Labute approximate surface area is 91.4 Å². The van der Waals surface area contributed by atoms with Crippen molar-refractivity contribution in [3.8, 4) is 17.4 Å². The maximum absolute atomic E-state index is 5.14. The highest BCUT2D eigenvalue weighted by atomic mass is 16.4. The van der Waals surface area contributed by atoms with Crippen molar-refractivity contribution in [2.24, 2.45) is 0 Å². The maximum atomic E-state index is 5.14. The van der Waals surface area contributed by atoms with Crippen molar-refractivity contribution in [2.75, 3.05) is 0 Å². The normalized spacial score (nSPS) is 10.5. The first-order valence-electron chi connectivity index (χ1n) is 4.80. The van der Waals surface area contributed by atoms with Crippen molar-refractivity contribution < 1.29 is 4.42 Å². The topological polar surface area (TPSA) is 56.7 Å². The van der Waals surface area contributed by atoms with E-state index in [1.54, 1.807) is 17.0 Å². The van der Waals surface area contributed by atoms with Gasteiger partial charge in [-0.3, -0.25) is 4.57 Å². The third-order valence-corrected chi connectivity index (χ3v) is 2.23. The molecule has 1 aromatic carbocycles. The molecule has 0 saturated heterocycles. The number of hydrogen-bond acceptors (Lipinski definition) is 4. The van der Waals surface area contributed by atoms with Crippen LogP contribution in [-0.2, 0) is 0 Å². The highest BCUT2D eigenvalue weighted by Crippen LogP contribution is 2.19. The SMILES string of the molecule is c1ccc(-c2nccn2-c2nnco2)cc1. The van der Waals surface area contributed by atoms with Gasteiger partial charge < -0.3 is 4.42 Å². The minimum absolute atomic E-state index is 0.413.